The van der Waals surface area contributed by atoms with Crippen molar-refractivity contribution in [3.63, 3.8) is 0 Å². The lowest BCUT2D eigenvalue weighted by atomic mass is 9.80. The molecule has 5 rings (SSSR count). The van der Waals surface area contributed by atoms with Crippen LogP contribution >= 0.6 is 11.6 Å². The number of hydrogen-bond acceptors (Lipinski definition) is 3. The Bertz CT molecular complexity index is 1540. The zero-order valence-electron chi connectivity index (χ0n) is 18.4. The minimum Gasteiger partial charge on any atom is -0.336 e. The largest absolute Gasteiger partial charge is 0.336 e. The quantitative estimate of drug-likeness (QED) is 0.422. The molecule has 0 aliphatic heterocycles. The van der Waals surface area contributed by atoms with Gasteiger partial charge in [-0.2, -0.15) is 0 Å². The number of imidazole rings is 1. The molecule has 3 aromatic carbocycles. The number of nitrogens with zero attached hydrogens (tertiary/aromatic N) is 3. The molecule has 6 heteroatoms. The third kappa shape index (κ3) is 3.46. The smallest absolute Gasteiger partial charge is 0.251 e. The highest BCUT2D eigenvalue weighted by Crippen LogP contribution is 2.37. The summed E-state index contributed by atoms with van der Waals surface area (Å²) in [7, 11) is 3.72. The number of pyridine rings is 1. The maximum Gasteiger partial charge on any atom is 0.251 e. The van der Waals surface area contributed by atoms with Crippen molar-refractivity contribution in [2.75, 3.05) is 0 Å². The van der Waals surface area contributed by atoms with Crippen LogP contribution in [0.3, 0.4) is 0 Å². The molecule has 5 nitrogen and oxygen atoms in total. The molecule has 0 amide bonds. The summed E-state index contributed by atoms with van der Waals surface area (Å²) in [6.07, 6.45) is 3.55. The molecule has 0 aliphatic carbocycles. The number of fused-ring (bicyclic) bond motifs is 1. The molecule has 0 fully saturated rings. The Morgan fingerprint density at radius 2 is 1.70 bits per heavy atom. The van der Waals surface area contributed by atoms with Crippen molar-refractivity contribution in [1.82, 2.24) is 14.1 Å². The van der Waals surface area contributed by atoms with E-state index >= 15 is 0 Å². The standard InChI is InChI=1S/C27H23ClN4O/c1-31-17-30-16-25(31)27(29,19-8-4-3-5-9-19)20-11-12-24-23(14-20)22(15-26(33)32(24)2)18-7-6-10-21(28)13-18/h3-17H,29H2,1-2H3. The number of halogens is 1. The predicted octanol–water partition coefficient (Wildman–Crippen LogP) is 4.84. The molecule has 0 spiro atoms. The monoisotopic (exact) mass is 454 g/mol. The lowest BCUT2D eigenvalue weighted by Crippen LogP contribution is -2.41. The molecule has 2 aromatic heterocycles. The van der Waals surface area contributed by atoms with Gasteiger partial charge in [0, 0.05) is 30.6 Å². The first-order valence-corrected chi connectivity index (χ1v) is 11.0. The van der Waals surface area contributed by atoms with Crippen LogP contribution in [0.1, 0.15) is 16.8 Å². The third-order valence-corrected chi connectivity index (χ3v) is 6.52. The highest BCUT2D eigenvalue weighted by molar-refractivity contribution is 6.30. The SMILES string of the molecule is Cn1cncc1C(N)(c1ccccc1)c1ccc2c(c1)c(-c1cccc(Cl)c1)cc(=O)n2C. The Labute approximate surface area is 196 Å². The van der Waals surface area contributed by atoms with E-state index in [9.17, 15) is 4.79 Å². The summed E-state index contributed by atoms with van der Waals surface area (Å²) in [4.78, 5) is 17.1. The minimum atomic E-state index is -0.943. The van der Waals surface area contributed by atoms with E-state index in [0.717, 1.165) is 38.9 Å². The van der Waals surface area contributed by atoms with Crippen molar-refractivity contribution < 1.29 is 0 Å². The summed E-state index contributed by atoms with van der Waals surface area (Å²) in [5, 5.41) is 1.54. The molecule has 0 aliphatic rings. The molecule has 2 N–H and O–H groups in total. The molecule has 1 atom stereocenters. The van der Waals surface area contributed by atoms with E-state index in [1.54, 1.807) is 30.2 Å². The summed E-state index contributed by atoms with van der Waals surface area (Å²) in [6.45, 7) is 0. The Balaban J connectivity index is 1.85. The van der Waals surface area contributed by atoms with Gasteiger partial charge >= 0.3 is 0 Å². The summed E-state index contributed by atoms with van der Waals surface area (Å²) in [5.41, 5.74) is 11.4. The highest BCUT2D eigenvalue weighted by atomic mass is 35.5. The highest BCUT2D eigenvalue weighted by Gasteiger charge is 2.35. The third-order valence-electron chi connectivity index (χ3n) is 6.29. The number of aromatic nitrogens is 3. The van der Waals surface area contributed by atoms with E-state index in [1.807, 2.05) is 78.3 Å². The van der Waals surface area contributed by atoms with E-state index in [1.165, 1.54) is 0 Å². The number of aryl methyl sites for hydroxylation is 2. The van der Waals surface area contributed by atoms with Crippen molar-refractivity contribution in [3.05, 3.63) is 124 Å². The Kier molecular flexibility index (Phi) is 5.16. The van der Waals surface area contributed by atoms with Crippen molar-refractivity contribution in [3.8, 4) is 11.1 Å². The molecule has 0 saturated heterocycles. The van der Waals surface area contributed by atoms with Crippen LogP contribution in [0.25, 0.3) is 22.0 Å². The van der Waals surface area contributed by atoms with Crippen LogP contribution < -0.4 is 11.3 Å². The zero-order valence-corrected chi connectivity index (χ0v) is 19.1. The van der Waals surface area contributed by atoms with Gasteiger partial charge in [-0.3, -0.25) is 4.79 Å². The van der Waals surface area contributed by atoms with Gasteiger partial charge in [-0.25, -0.2) is 4.98 Å². The maximum atomic E-state index is 12.7. The lowest BCUT2D eigenvalue weighted by Gasteiger charge is -2.31. The summed E-state index contributed by atoms with van der Waals surface area (Å²) >= 11 is 6.27. The molecule has 5 aromatic rings. The molecule has 0 saturated carbocycles. The minimum absolute atomic E-state index is 0.0843. The van der Waals surface area contributed by atoms with E-state index < -0.39 is 5.54 Å². The van der Waals surface area contributed by atoms with E-state index in [-0.39, 0.29) is 5.56 Å². The first kappa shape index (κ1) is 21.2. The Morgan fingerprint density at radius 1 is 0.909 bits per heavy atom. The number of nitrogens with two attached hydrogens (primary N) is 1. The fraction of sp³-hybridized carbons (Fsp3) is 0.111. The van der Waals surface area contributed by atoms with Crippen molar-refractivity contribution in [2.24, 2.45) is 19.8 Å². The lowest BCUT2D eigenvalue weighted by molar-refractivity contribution is 0.596. The average molecular weight is 455 g/mol. The van der Waals surface area contributed by atoms with Crippen molar-refractivity contribution in [1.29, 1.82) is 0 Å². The molecule has 0 radical (unpaired) electrons. The molecule has 164 valence electrons. The number of benzene rings is 3. The number of rotatable bonds is 4. The molecule has 1 unspecified atom stereocenters. The molecule has 0 bridgehead atoms. The van der Waals surface area contributed by atoms with Gasteiger partial charge < -0.3 is 14.9 Å². The average Bonchev–Trinajstić information content (AvgIpc) is 3.27. The van der Waals surface area contributed by atoms with E-state index in [4.69, 9.17) is 17.3 Å². The topological polar surface area (TPSA) is 65.8 Å². The zero-order chi connectivity index (χ0) is 23.2. The van der Waals surface area contributed by atoms with Gasteiger partial charge in [-0.1, -0.05) is 60.1 Å². The maximum absolute atomic E-state index is 12.7. The van der Waals surface area contributed by atoms with Crippen LogP contribution in [0.2, 0.25) is 5.02 Å². The van der Waals surface area contributed by atoms with Gasteiger partial charge in [0.05, 0.1) is 23.7 Å². The summed E-state index contributed by atoms with van der Waals surface area (Å²) in [5.74, 6) is 0. The van der Waals surface area contributed by atoms with Gasteiger partial charge in [-0.05, 0) is 46.5 Å². The molecular formula is C27H23ClN4O. The second-order valence-electron chi connectivity index (χ2n) is 8.26. The summed E-state index contributed by atoms with van der Waals surface area (Å²) in [6, 6.07) is 25.2. The van der Waals surface area contributed by atoms with E-state index in [2.05, 4.69) is 11.1 Å². The molecule has 2 heterocycles. The Hall–Kier alpha value is -3.67. The molecule has 33 heavy (non-hydrogen) atoms. The van der Waals surface area contributed by atoms with Gasteiger partial charge in [0.1, 0.15) is 5.54 Å². The van der Waals surface area contributed by atoms with E-state index in [0.29, 0.717) is 5.02 Å². The van der Waals surface area contributed by atoms with Crippen LogP contribution in [0, 0.1) is 0 Å². The van der Waals surface area contributed by atoms with Gasteiger partial charge in [0.2, 0.25) is 0 Å². The Morgan fingerprint density at radius 3 is 2.39 bits per heavy atom. The fourth-order valence-electron chi connectivity index (χ4n) is 4.50. The van der Waals surface area contributed by atoms with Crippen LogP contribution in [0.4, 0.5) is 0 Å². The molecular weight excluding hydrogens is 432 g/mol. The predicted molar refractivity (Wildman–Crippen MR) is 133 cm³/mol. The second kappa shape index (κ2) is 8.03. The van der Waals surface area contributed by atoms with Gasteiger partial charge in [0.15, 0.2) is 0 Å². The van der Waals surface area contributed by atoms with Gasteiger partial charge in [-0.15, -0.1) is 0 Å². The first-order chi connectivity index (χ1) is 15.9. The number of hydrogen-bond donors (Lipinski definition) is 1. The van der Waals surface area contributed by atoms with Crippen LogP contribution in [0.15, 0.2) is 96.2 Å². The van der Waals surface area contributed by atoms with Gasteiger partial charge in [0.25, 0.3) is 5.56 Å². The van der Waals surface area contributed by atoms with Crippen molar-refractivity contribution >= 4 is 22.5 Å². The normalized spacial score (nSPS) is 13.2. The van der Waals surface area contributed by atoms with Crippen LogP contribution in [0.5, 0.6) is 0 Å². The van der Waals surface area contributed by atoms with Crippen LogP contribution in [-0.4, -0.2) is 14.1 Å². The van der Waals surface area contributed by atoms with Crippen LogP contribution in [-0.2, 0) is 19.6 Å². The second-order valence-corrected chi connectivity index (χ2v) is 8.70. The van der Waals surface area contributed by atoms with Crippen molar-refractivity contribution in [2.45, 2.75) is 5.54 Å². The summed E-state index contributed by atoms with van der Waals surface area (Å²) < 4.78 is 3.59. The first-order valence-electron chi connectivity index (χ1n) is 10.6. The fourth-order valence-corrected chi connectivity index (χ4v) is 4.69.